The second-order valence-corrected chi connectivity index (χ2v) is 7.38. The van der Waals surface area contributed by atoms with Gasteiger partial charge >= 0.3 is 0 Å². The first kappa shape index (κ1) is 18.8. The summed E-state index contributed by atoms with van der Waals surface area (Å²) >= 11 is 1.36. The number of ether oxygens (including phenoxy) is 1. The lowest BCUT2D eigenvalue weighted by molar-refractivity contribution is -0.0430. The number of aliphatic hydroxyl groups is 2. The van der Waals surface area contributed by atoms with Gasteiger partial charge in [0.1, 0.15) is 6.10 Å². The van der Waals surface area contributed by atoms with Crippen molar-refractivity contribution in [2.45, 2.75) is 37.5 Å². The minimum Gasteiger partial charge on any atom is -0.394 e. The molecule has 2 aromatic rings. The van der Waals surface area contributed by atoms with Gasteiger partial charge in [0.05, 0.1) is 24.3 Å². The van der Waals surface area contributed by atoms with Crippen LogP contribution in [0.15, 0.2) is 11.1 Å². The number of hydrogen-bond acceptors (Lipinski definition) is 9. The van der Waals surface area contributed by atoms with Crippen LogP contribution in [0, 0.1) is 5.92 Å². The van der Waals surface area contributed by atoms with Gasteiger partial charge in [-0.1, -0.05) is 13.8 Å². The van der Waals surface area contributed by atoms with Crippen molar-refractivity contribution in [1.29, 1.82) is 0 Å². The largest absolute Gasteiger partial charge is 0.394 e. The first-order valence-electron chi connectivity index (χ1n) is 8.08. The Morgan fingerprint density at radius 2 is 2.19 bits per heavy atom. The zero-order valence-electron chi connectivity index (χ0n) is 14.6. The van der Waals surface area contributed by atoms with Gasteiger partial charge in [0.2, 0.25) is 11.9 Å². The molecule has 26 heavy (non-hydrogen) atoms. The molecule has 1 aliphatic rings. The highest BCUT2D eigenvalue weighted by molar-refractivity contribution is 7.99. The van der Waals surface area contributed by atoms with Gasteiger partial charge in [0.15, 0.2) is 17.4 Å². The third-order valence-electron chi connectivity index (χ3n) is 4.38. The fourth-order valence-electron chi connectivity index (χ4n) is 2.99. The number of aromatic nitrogens is 4. The lowest BCUT2D eigenvalue weighted by Crippen LogP contribution is -2.33. The van der Waals surface area contributed by atoms with Crippen molar-refractivity contribution in [2.75, 3.05) is 18.6 Å². The highest BCUT2D eigenvalue weighted by atomic mass is 32.2. The molecule has 0 aromatic carbocycles. The van der Waals surface area contributed by atoms with Crippen LogP contribution in [0.1, 0.15) is 24.9 Å². The number of nitrogens with two attached hydrogens (primary N) is 1. The normalized spacial score (nSPS) is 26.1. The van der Waals surface area contributed by atoms with Crippen LogP contribution in [-0.2, 0) is 4.74 Å². The van der Waals surface area contributed by atoms with Crippen molar-refractivity contribution in [3.63, 3.8) is 0 Å². The molecule has 4 N–H and O–H groups in total. The molecule has 0 radical (unpaired) electrons. The van der Waals surface area contributed by atoms with Crippen molar-refractivity contribution in [3.8, 4) is 0 Å². The van der Waals surface area contributed by atoms with Gasteiger partial charge in [-0.15, -0.1) is 0 Å². The first-order valence-corrected chi connectivity index (χ1v) is 9.37. The maximum Gasteiger partial charge on any atom is 0.289 e. The number of anilines is 1. The lowest BCUT2D eigenvalue weighted by atomic mass is 10.2. The number of fused-ring (bicyclic) bond motifs is 1. The molecule has 3 rings (SSSR count). The summed E-state index contributed by atoms with van der Waals surface area (Å²) in [5, 5.41) is 19.3. The summed E-state index contributed by atoms with van der Waals surface area (Å²) in [7, 11) is 0. The van der Waals surface area contributed by atoms with E-state index in [0.717, 1.165) is 4.57 Å². The summed E-state index contributed by atoms with van der Waals surface area (Å²) in [5.74, 6) is -1.14. The van der Waals surface area contributed by atoms with E-state index >= 15 is 0 Å². The first-order chi connectivity index (χ1) is 12.3. The quantitative estimate of drug-likeness (QED) is 0.633. The van der Waals surface area contributed by atoms with E-state index in [1.165, 1.54) is 22.7 Å². The molecule has 1 saturated heterocycles. The minimum atomic E-state index is -0.891. The summed E-state index contributed by atoms with van der Waals surface area (Å²) < 4.78 is 8.03. The average Bonchev–Trinajstić information content (AvgIpc) is 3.14. The third kappa shape index (κ3) is 2.80. The van der Waals surface area contributed by atoms with Crippen LogP contribution in [0.25, 0.3) is 11.2 Å². The topological polar surface area (TPSA) is 145 Å². The maximum atomic E-state index is 12.7. The molecule has 2 aromatic heterocycles. The summed E-state index contributed by atoms with van der Waals surface area (Å²) in [6.45, 7) is 2.97. The molecule has 11 heteroatoms. The number of hydrogen-bond donors (Lipinski definition) is 3. The molecule has 4 atom stereocenters. The van der Waals surface area contributed by atoms with Crippen LogP contribution in [0.3, 0.4) is 0 Å². The number of carbonyl (C=O) groups is 1. The molecule has 1 unspecified atom stereocenters. The van der Waals surface area contributed by atoms with E-state index in [0.29, 0.717) is 0 Å². The predicted molar refractivity (Wildman–Crippen MR) is 96.0 cm³/mol. The number of nitrogens with zero attached hydrogens (tertiary/aromatic N) is 4. The standard InChI is InChI=1S/C15H21N5O5S/c1-6(2)12(23)20-13(24)8-11(18-15(20)16)19(5-17-8)14-10(26-3)9(22)7(4-21)25-14/h5-7,9-10,14,21-22H,4H2,1-3H3,(H2,16,18)/t7-,9-,10?,14-/m1/s1. The Morgan fingerprint density at radius 1 is 1.50 bits per heavy atom. The van der Waals surface area contributed by atoms with Crippen LogP contribution < -0.4 is 11.3 Å². The van der Waals surface area contributed by atoms with Gasteiger partial charge in [-0.2, -0.15) is 16.7 Å². The third-order valence-corrected chi connectivity index (χ3v) is 5.43. The Hall–Kier alpha value is -1.95. The summed E-state index contributed by atoms with van der Waals surface area (Å²) in [4.78, 5) is 33.2. The molecule has 142 valence electrons. The predicted octanol–water partition coefficient (Wildman–Crippen LogP) is -0.546. The number of thioether (sulfide) groups is 1. The second-order valence-electron chi connectivity index (χ2n) is 6.37. The molecule has 0 spiro atoms. The minimum absolute atomic E-state index is 0.0152. The highest BCUT2D eigenvalue weighted by Gasteiger charge is 2.44. The molecule has 0 saturated carbocycles. The number of aliphatic hydroxyl groups excluding tert-OH is 2. The number of imidazole rings is 1. The van der Waals surface area contributed by atoms with Crippen LogP contribution in [0.5, 0.6) is 0 Å². The Labute approximate surface area is 153 Å². The molecule has 0 bridgehead atoms. The van der Waals surface area contributed by atoms with Crippen molar-refractivity contribution in [3.05, 3.63) is 16.7 Å². The average molecular weight is 383 g/mol. The van der Waals surface area contributed by atoms with Crippen LogP contribution >= 0.6 is 11.8 Å². The van der Waals surface area contributed by atoms with Crippen LogP contribution in [0.2, 0.25) is 0 Å². The molecule has 1 fully saturated rings. The van der Waals surface area contributed by atoms with E-state index in [9.17, 15) is 19.8 Å². The van der Waals surface area contributed by atoms with E-state index in [4.69, 9.17) is 10.5 Å². The van der Waals surface area contributed by atoms with Gasteiger partial charge in [-0.3, -0.25) is 14.2 Å². The Balaban J connectivity index is 2.13. The lowest BCUT2D eigenvalue weighted by Gasteiger charge is -2.19. The number of rotatable bonds is 4. The summed E-state index contributed by atoms with van der Waals surface area (Å²) in [6.07, 6.45) is 0.834. The van der Waals surface area contributed by atoms with E-state index in [1.807, 2.05) is 0 Å². The Bertz CT molecular complexity index is 894. The second kappa shape index (κ2) is 6.99. The monoisotopic (exact) mass is 383 g/mol. The van der Waals surface area contributed by atoms with Gasteiger partial charge < -0.3 is 20.7 Å². The van der Waals surface area contributed by atoms with Crippen molar-refractivity contribution < 1.29 is 19.7 Å². The molecule has 3 heterocycles. The SMILES string of the molecule is CSC1[C@H](n2cnc3c(=O)n(C(=O)C(C)C)c(N)nc32)O[C@H](CO)[C@H]1O. The van der Waals surface area contributed by atoms with Crippen molar-refractivity contribution >= 4 is 34.8 Å². The highest BCUT2D eigenvalue weighted by Crippen LogP contribution is 2.37. The van der Waals surface area contributed by atoms with E-state index in [2.05, 4.69) is 9.97 Å². The van der Waals surface area contributed by atoms with Crippen molar-refractivity contribution in [1.82, 2.24) is 19.1 Å². The van der Waals surface area contributed by atoms with Gasteiger partial charge in [-0.25, -0.2) is 9.55 Å². The molecule has 1 aliphatic heterocycles. The van der Waals surface area contributed by atoms with Crippen LogP contribution in [-0.4, -0.2) is 65.5 Å². The van der Waals surface area contributed by atoms with E-state index in [1.54, 1.807) is 20.1 Å². The Kier molecular flexibility index (Phi) is 5.06. The van der Waals surface area contributed by atoms with Crippen molar-refractivity contribution in [2.24, 2.45) is 5.92 Å². The number of carbonyl (C=O) groups excluding carboxylic acids is 1. The van der Waals surface area contributed by atoms with Gasteiger partial charge in [-0.05, 0) is 6.26 Å². The zero-order chi connectivity index (χ0) is 19.2. The molecule has 0 amide bonds. The molecular weight excluding hydrogens is 362 g/mol. The molecule has 10 nitrogen and oxygen atoms in total. The molecular formula is C15H21N5O5S. The summed E-state index contributed by atoms with van der Waals surface area (Å²) in [5.41, 5.74) is 5.35. The zero-order valence-corrected chi connectivity index (χ0v) is 15.4. The van der Waals surface area contributed by atoms with Crippen LogP contribution in [0.4, 0.5) is 5.95 Å². The summed E-state index contributed by atoms with van der Waals surface area (Å²) in [6, 6.07) is 0. The van der Waals surface area contributed by atoms with E-state index in [-0.39, 0.29) is 23.7 Å². The number of nitrogen functional groups attached to an aromatic ring is 1. The van der Waals surface area contributed by atoms with Gasteiger partial charge in [0, 0.05) is 5.92 Å². The Morgan fingerprint density at radius 3 is 2.77 bits per heavy atom. The maximum absolute atomic E-state index is 12.7. The fraction of sp³-hybridized carbons (Fsp3) is 0.600. The van der Waals surface area contributed by atoms with E-state index < -0.39 is 41.1 Å². The fourth-order valence-corrected chi connectivity index (χ4v) is 3.87. The molecule has 0 aliphatic carbocycles. The van der Waals surface area contributed by atoms with Gasteiger partial charge in [0.25, 0.3) is 5.56 Å². The smallest absolute Gasteiger partial charge is 0.289 e.